The molecule has 1 saturated heterocycles. The molecule has 1 unspecified atom stereocenters. The van der Waals surface area contributed by atoms with Gasteiger partial charge >= 0.3 is 0 Å². The highest BCUT2D eigenvalue weighted by Crippen LogP contribution is 2.19. The third-order valence-corrected chi connectivity index (χ3v) is 4.16. The number of aliphatic hydroxyl groups is 1. The van der Waals surface area contributed by atoms with E-state index in [1.54, 1.807) is 0 Å². The fourth-order valence-electron chi connectivity index (χ4n) is 2.95. The zero-order valence-electron chi connectivity index (χ0n) is 11.1. The van der Waals surface area contributed by atoms with E-state index in [1.165, 1.54) is 12.8 Å². The lowest BCUT2D eigenvalue weighted by Gasteiger charge is -2.26. The summed E-state index contributed by atoms with van der Waals surface area (Å²) in [4.78, 5) is 11.8. The second-order valence-electron chi connectivity index (χ2n) is 5.75. The van der Waals surface area contributed by atoms with Gasteiger partial charge in [0.05, 0.1) is 6.10 Å². The van der Waals surface area contributed by atoms with Crippen LogP contribution in [0.15, 0.2) is 0 Å². The molecule has 0 aromatic carbocycles. The predicted octanol–water partition coefficient (Wildman–Crippen LogP) is 1.20. The molecule has 2 aliphatic rings. The highest BCUT2D eigenvalue weighted by molar-refractivity contribution is 5.76. The number of hydrogen-bond donors (Lipinski definition) is 2. The lowest BCUT2D eigenvalue weighted by Crippen LogP contribution is -2.38. The van der Waals surface area contributed by atoms with Gasteiger partial charge in [-0.2, -0.15) is 0 Å². The zero-order valence-corrected chi connectivity index (χ0v) is 11.1. The Balaban J connectivity index is 1.59. The fraction of sp³-hybridized carbons (Fsp3) is 0.929. The van der Waals surface area contributed by atoms with Gasteiger partial charge in [0.1, 0.15) is 0 Å². The summed E-state index contributed by atoms with van der Waals surface area (Å²) >= 11 is 0. The molecule has 0 aromatic heterocycles. The molecule has 1 aliphatic carbocycles. The van der Waals surface area contributed by atoms with E-state index in [0.717, 1.165) is 45.2 Å². The van der Waals surface area contributed by atoms with Crippen LogP contribution in [0.25, 0.3) is 0 Å². The third-order valence-electron chi connectivity index (χ3n) is 4.16. The van der Waals surface area contributed by atoms with E-state index < -0.39 is 0 Å². The molecule has 0 bridgehead atoms. The number of rotatable bonds is 4. The van der Waals surface area contributed by atoms with Crippen LogP contribution < -0.4 is 10.6 Å². The van der Waals surface area contributed by atoms with Gasteiger partial charge in [-0.3, -0.25) is 4.79 Å². The Morgan fingerprint density at radius 2 is 2.00 bits per heavy atom. The van der Waals surface area contributed by atoms with Gasteiger partial charge < -0.3 is 10.4 Å². The van der Waals surface area contributed by atoms with Crippen molar-refractivity contribution < 1.29 is 9.90 Å². The first kappa shape index (κ1) is 13.8. The van der Waals surface area contributed by atoms with E-state index in [-0.39, 0.29) is 18.1 Å². The maximum atomic E-state index is 11.8. The summed E-state index contributed by atoms with van der Waals surface area (Å²) in [7, 11) is 0. The van der Waals surface area contributed by atoms with Crippen molar-refractivity contribution in [3.63, 3.8) is 0 Å². The van der Waals surface area contributed by atoms with Crippen molar-refractivity contribution in [3.8, 4) is 0 Å². The predicted molar refractivity (Wildman–Crippen MR) is 70.2 cm³/mol. The number of nitrogens with one attached hydrogen (secondary N) is 1. The van der Waals surface area contributed by atoms with E-state index >= 15 is 0 Å². The zero-order chi connectivity index (χ0) is 12.8. The molecule has 2 rings (SSSR count). The van der Waals surface area contributed by atoms with Crippen molar-refractivity contribution in [2.75, 3.05) is 13.1 Å². The van der Waals surface area contributed by atoms with Crippen LogP contribution in [0.2, 0.25) is 0 Å². The molecule has 1 amide bonds. The highest BCUT2D eigenvalue weighted by Gasteiger charge is 2.21. The van der Waals surface area contributed by atoms with Crippen molar-refractivity contribution in [3.05, 3.63) is 0 Å². The average Bonchev–Trinajstić information content (AvgIpc) is 2.40. The Bertz CT molecular complexity index is 257. The Morgan fingerprint density at radius 3 is 2.67 bits per heavy atom. The molecule has 0 aromatic rings. The molecule has 18 heavy (non-hydrogen) atoms. The van der Waals surface area contributed by atoms with Crippen LogP contribution in [0.3, 0.4) is 0 Å². The molecule has 1 aliphatic heterocycles. The van der Waals surface area contributed by atoms with Gasteiger partial charge in [0.2, 0.25) is 5.91 Å². The molecule has 103 valence electrons. The van der Waals surface area contributed by atoms with E-state index in [0.29, 0.717) is 12.3 Å². The third kappa shape index (κ3) is 4.58. The van der Waals surface area contributed by atoms with Gasteiger partial charge in [-0.1, -0.05) is 0 Å². The van der Waals surface area contributed by atoms with Crippen LogP contribution in [-0.2, 0) is 4.79 Å². The molecule has 1 radical (unpaired) electrons. The minimum atomic E-state index is -0.151. The molecule has 1 heterocycles. The molecular formula is C14H25N2O2. The van der Waals surface area contributed by atoms with Crippen molar-refractivity contribution in [2.24, 2.45) is 5.92 Å². The Hall–Kier alpha value is -0.610. The molecule has 0 spiro atoms. The van der Waals surface area contributed by atoms with E-state index in [4.69, 9.17) is 0 Å². The summed E-state index contributed by atoms with van der Waals surface area (Å²) in [6.07, 6.45) is 7.38. The maximum Gasteiger partial charge on any atom is 0.220 e. The Kier molecular flexibility index (Phi) is 5.45. The second-order valence-corrected chi connectivity index (χ2v) is 5.75. The molecule has 1 saturated carbocycles. The number of amides is 1. The average molecular weight is 253 g/mol. The quantitative estimate of drug-likeness (QED) is 0.791. The number of carbonyl (C=O) groups is 1. The normalized spacial score (nSPS) is 33.1. The summed E-state index contributed by atoms with van der Waals surface area (Å²) in [5, 5.41) is 16.9. The number of piperidine rings is 1. The van der Waals surface area contributed by atoms with Crippen LogP contribution in [0.1, 0.15) is 51.4 Å². The number of hydrogen-bond acceptors (Lipinski definition) is 2. The lowest BCUT2D eigenvalue weighted by atomic mass is 9.92. The van der Waals surface area contributed by atoms with Crippen LogP contribution in [0, 0.1) is 5.92 Å². The van der Waals surface area contributed by atoms with Gasteiger partial charge in [0.15, 0.2) is 0 Å². The standard InChI is InChI=1S/C14H25N2O2/c17-13-6-4-12(5-7-13)16-14(18)8-3-11-2-1-9-15-10-11/h11-13,17H,1-10H2,(H,16,18). The fourth-order valence-corrected chi connectivity index (χ4v) is 2.95. The minimum Gasteiger partial charge on any atom is -0.393 e. The number of aliphatic hydroxyl groups excluding tert-OH is 1. The van der Waals surface area contributed by atoms with Crippen LogP contribution in [0.5, 0.6) is 0 Å². The van der Waals surface area contributed by atoms with Crippen molar-refractivity contribution in [2.45, 2.75) is 63.5 Å². The van der Waals surface area contributed by atoms with Gasteiger partial charge in [-0.05, 0) is 50.9 Å². The smallest absolute Gasteiger partial charge is 0.220 e. The molecule has 4 nitrogen and oxygen atoms in total. The first-order valence-corrected chi connectivity index (χ1v) is 7.34. The van der Waals surface area contributed by atoms with Crippen molar-refractivity contribution in [1.82, 2.24) is 10.6 Å². The van der Waals surface area contributed by atoms with Gasteiger partial charge in [0.25, 0.3) is 0 Å². The lowest BCUT2D eigenvalue weighted by molar-refractivity contribution is -0.122. The number of carbonyl (C=O) groups excluding carboxylic acids is 1. The molecule has 2 fully saturated rings. The summed E-state index contributed by atoms with van der Waals surface area (Å²) in [5.41, 5.74) is 0. The SMILES string of the molecule is O=C(CCC1CCC[N]C1)NC1CCC(O)CC1. The topological polar surface area (TPSA) is 63.4 Å². The molecular weight excluding hydrogens is 228 g/mol. The molecule has 2 N–H and O–H groups in total. The first-order valence-electron chi connectivity index (χ1n) is 7.34. The molecule has 1 atom stereocenters. The van der Waals surface area contributed by atoms with Gasteiger partial charge in [-0.25, -0.2) is 5.32 Å². The van der Waals surface area contributed by atoms with E-state index in [9.17, 15) is 9.90 Å². The van der Waals surface area contributed by atoms with Gasteiger partial charge in [0, 0.05) is 25.6 Å². The number of nitrogens with zero attached hydrogens (tertiary/aromatic N) is 1. The summed E-state index contributed by atoms with van der Waals surface area (Å²) < 4.78 is 0. The maximum absolute atomic E-state index is 11.8. The summed E-state index contributed by atoms with van der Waals surface area (Å²) in [5.74, 6) is 0.805. The highest BCUT2D eigenvalue weighted by atomic mass is 16.3. The Labute approximate surface area is 110 Å². The van der Waals surface area contributed by atoms with E-state index in [1.807, 2.05) is 0 Å². The van der Waals surface area contributed by atoms with Crippen LogP contribution in [0.4, 0.5) is 0 Å². The van der Waals surface area contributed by atoms with E-state index in [2.05, 4.69) is 10.6 Å². The monoisotopic (exact) mass is 253 g/mol. The van der Waals surface area contributed by atoms with Crippen molar-refractivity contribution >= 4 is 5.91 Å². The summed E-state index contributed by atoms with van der Waals surface area (Å²) in [6, 6.07) is 0.289. The molecule has 4 heteroatoms. The Morgan fingerprint density at radius 1 is 1.22 bits per heavy atom. The van der Waals surface area contributed by atoms with Crippen LogP contribution >= 0.6 is 0 Å². The van der Waals surface area contributed by atoms with Crippen molar-refractivity contribution in [1.29, 1.82) is 0 Å². The van der Waals surface area contributed by atoms with Gasteiger partial charge in [-0.15, -0.1) is 0 Å². The first-order chi connectivity index (χ1) is 8.74. The minimum absolute atomic E-state index is 0.151. The summed E-state index contributed by atoms with van der Waals surface area (Å²) in [6.45, 7) is 1.95. The largest absolute Gasteiger partial charge is 0.393 e. The van der Waals surface area contributed by atoms with Crippen LogP contribution in [-0.4, -0.2) is 36.2 Å². The second kappa shape index (κ2) is 7.10.